The van der Waals surface area contributed by atoms with Crippen molar-refractivity contribution in [3.63, 3.8) is 0 Å². The fourth-order valence-corrected chi connectivity index (χ4v) is 5.22. The molecule has 0 spiro atoms. The lowest BCUT2D eigenvalue weighted by molar-refractivity contribution is -0.115. The fraction of sp³-hybridized carbons (Fsp3) is 0.393. The van der Waals surface area contributed by atoms with Gasteiger partial charge in [-0.2, -0.15) is 15.0 Å². The molecule has 1 amide bonds. The van der Waals surface area contributed by atoms with E-state index < -0.39 is 0 Å². The summed E-state index contributed by atoms with van der Waals surface area (Å²) in [5.74, 6) is 0.664. The van der Waals surface area contributed by atoms with Gasteiger partial charge in [0.15, 0.2) is 5.78 Å². The van der Waals surface area contributed by atoms with Crippen molar-refractivity contribution in [2.24, 2.45) is 22.9 Å². The first-order valence-corrected chi connectivity index (χ1v) is 13.8. The van der Waals surface area contributed by atoms with E-state index in [0.717, 1.165) is 12.8 Å². The number of carbonyl (C=O) groups excluding carboxylic acids is 2. The lowest BCUT2D eigenvalue weighted by Crippen LogP contribution is -2.54. The van der Waals surface area contributed by atoms with Gasteiger partial charge in [0.1, 0.15) is 0 Å². The van der Waals surface area contributed by atoms with Crippen LogP contribution < -0.4 is 43.4 Å². The first-order chi connectivity index (χ1) is 19.7. The number of benzene rings is 2. The number of piperidine rings is 2. The molecule has 4 atom stereocenters. The molecule has 0 unspecified atom stereocenters. The number of hydrogen-bond donors (Lipinski definition) is 6. The molecule has 216 valence electrons. The minimum Gasteiger partial charge on any atom is -0.338 e. The quantitative estimate of drug-likeness (QED) is 0.165. The van der Waals surface area contributed by atoms with Crippen LogP contribution in [0.15, 0.2) is 54.6 Å². The van der Waals surface area contributed by atoms with Crippen LogP contribution in [0.2, 0.25) is 0 Å². The highest BCUT2D eigenvalue weighted by molar-refractivity contribution is 6.11. The first-order valence-electron chi connectivity index (χ1n) is 13.8. The Morgan fingerprint density at radius 2 is 1.20 bits per heavy atom. The molecule has 1 aromatic heterocycles. The van der Waals surface area contributed by atoms with E-state index in [0.29, 0.717) is 61.0 Å². The Balaban J connectivity index is 1.30. The number of ketones is 1. The highest BCUT2D eigenvalue weighted by atomic mass is 16.2. The molecule has 41 heavy (non-hydrogen) atoms. The summed E-state index contributed by atoms with van der Waals surface area (Å²) in [6.45, 7) is 2.32. The molecule has 2 fully saturated rings. The summed E-state index contributed by atoms with van der Waals surface area (Å²) in [6, 6.07) is 15.4. The van der Waals surface area contributed by atoms with Crippen LogP contribution in [0.1, 0.15) is 29.6 Å². The molecule has 13 nitrogen and oxygen atoms in total. The predicted octanol–water partition coefficient (Wildman–Crippen LogP) is 0.556. The molecule has 13 heteroatoms. The number of rotatable bonds is 8. The summed E-state index contributed by atoms with van der Waals surface area (Å²) >= 11 is 0. The van der Waals surface area contributed by atoms with Crippen LogP contribution >= 0.6 is 0 Å². The average molecular weight is 560 g/mol. The Labute approximate surface area is 238 Å². The summed E-state index contributed by atoms with van der Waals surface area (Å²) in [6.07, 6.45) is 1.23. The second-order valence-corrected chi connectivity index (χ2v) is 10.8. The van der Waals surface area contributed by atoms with Gasteiger partial charge in [-0.05, 0) is 37.1 Å². The van der Waals surface area contributed by atoms with Crippen LogP contribution in [0.4, 0.5) is 29.2 Å². The van der Waals surface area contributed by atoms with Crippen molar-refractivity contribution in [3.05, 3.63) is 60.2 Å². The van der Waals surface area contributed by atoms with Crippen molar-refractivity contribution < 1.29 is 9.59 Å². The van der Waals surface area contributed by atoms with Crippen molar-refractivity contribution >= 4 is 40.9 Å². The van der Waals surface area contributed by atoms with Crippen molar-refractivity contribution in [3.8, 4) is 0 Å². The predicted molar refractivity (Wildman–Crippen MR) is 159 cm³/mol. The van der Waals surface area contributed by atoms with E-state index in [2.05, 4.69) is 20.6 Å². The molecule has 10 N–H and O–H groups in total. The lowest BCUT2D eigenvalue weighted by atomic mass is 10.0. The number of nitrogens with zero attached hydrogens (tertiary/aromatic N) is 5. The van der Waals surface area contributed by atoms with Gasteiger partial charge in [-0.25, -0.2) is 0 Å². The summed E-state index contributed by atoms with van der Waals surface area (Å²) in [4.78, 5) is 42.8. The van der Waals surface area contributed by atoms with Gasteiger partial charge in [-0.15, -0.1) is 0 Å². The van der Waals surface area contributed by atoms with Crippen molar-refractivity contribution in [1.29, 1.82) is 0 Å². The average Bonchev–Trinajstić information content (AvgIpc) is 2.93. The minimum absolute atomic E-state index is 0.0852. The maximum atomic E-state index is 12.4. The summed E-state index contributed by atoms with van der Waals surface area (Å²) < 4.78 is 0. The Kier molecular flexibility index (Phi) is 8.69. The largest absolute Gasteiger partial charge is 0.338 e. The van der Waals surface area contributed by atoms with Crippen molar-refractivity contribution in [1.82, 2.24) is 15.0 Å². The van der Waals surface area contributed by atoms with E-state index in [9.17, 15) is 9.59 Å². The second kappa shape index (κ2) is 12.6. The smallest absolute Gasteiger partial charge is 0.233 e. The molecule has 2 aliphatic heterocycles. The Bertz CT molecular complexity index is 1290. The van der Waals surface area contributed by atoms with Crippen LogP contribution in [0, 0.1) is 0 Å². The Morgan fingerprint density at radius 3 is 1.71 bits per heavy atom. The van der Waals surface area contributed by atoms with Crippen LogP contribution in [-0.4, -0.2) is 77.0 Å². The standard InChI is InChI=1S/C28H37N11O2/c29-18-10-19(30)14-38(13-18)27-35-26(36-28(37-27)39-15-20(31)11-21(32)16-39)34-23-8-6-22(7-9-23)33-25(41)12-24(40)17-4-2-1-3-5-17/h1-9,18-21H,10-16,29-32H2,(H,33,41)(H,34,35,36,37)/t18-,19+,20-,21+. The first kappa shape index (κ1) is 28.4. The van der Waals surface area contributed by atoms with Crippen LogP contribution in [-0.2, 0) is 4.79 Å². The molecule has 0 bridgehead atoms. The number of aromatic nitrogens is 3. The third kappa shape index (κ3) is 7.52. The summed E-state index contributed by atoms with van der Waals surface area (Å²) in [5.41, 5.74) is 26.7. The fourth-order valence-electron chi connectivity index (χ4n) is 5.22. The number of carbonyl (C=O) groups is 2. The zero-order valence-corrected chi connectivity index (χ0v) is 22.8. The van der Waals surface area contributed by atoms with Gasteiger partial charge in [0, 0.05) is 67.3 Å². The zero-order valence-electron chi connectivity index (χ0n) is 22.8. The van der Waals surface area contributed by atoms with Crippen LogP contribution in [0.25, 0.3) is 0 Å². The molecule has 2 aromatic carbocycles. The lowest BCUT2D eigenvalue weighted by Gasteiger charge is -2.37. The van der Waals surface area contributed by atoms with Gasteiger partial charge in [0.25, 0.3) is 0 Å². The second-order valence-electron chi connectivity index (χ2n) is 10.8. The van der Waals surface area contributed by atoms with Gasteiger partial charge >= 0.3 is 0 Å². The minimum atomic E-state index is -0.387. The summed E-state index contributed by atoms with van der Waals surface area (Å²) in [5, 5.41) is 6.00. The maximum Gasteiger partial charge on any atom is 0.233 e. The monoisotopic (exact) mass is 559 g/mol. The number of nitrogens with one attached hydrogen (secondary N) is 2. The maximum absolute atomic E-state index is 12.4. The highest BCUT2D eigenvalue weighted by Crippen LogP contribution is 2.24. The van der Waals surface area contributed by atoms with Crippen LogP contribution in [0.5, 0.6) is 0 Å². The molecular formula is C28H37N11O2. The third-order valence-electron chi connectivity index (χ3n) is 7.05. The van der Waals surface area contributed by atoms with E-state index >= 15 is 0 Å². The molecule has 0 radical (unpaired) electrons. The van der Waals surface area contributed by atoms with E-state index in [1.807, 2.05) is 15.9 Å². The molecule has 3 aromatic rings. The van der Waals surface area contributed by atoms with E-state index in [1.165, 1.54) is 0 Å². The highest BCUT2D eigenvalue weighted by Gasteiger charge is 2.28. The van der Waals surface area contributed by atoms with Gasteiger partial charge in [0.05, 0.1) is 6.42 Å². The van der Waals surface area contributed by atoms with Crippen molar-refractivity contribution in [2.45, 2.75) is 43.4 Å². The van der Waals surface area contributed by atoms with Gasteiger partial charge < -0.3 is 43.4 Å². The van der Waals surface area contributed by atoms with E-state index in [-0.39, 0.29) is 42.3 Å². The number of anilines is 5. The number of hydrogen-bond acceptors (Lipinski definition) is 12. The molecule has 2 saturated heterocycles. The number of amides is 1. The molecular weight excluding hydrogens is 522 g/mol. The third-order valence-corrected chi connectivity index (χ3v) is 7.05. The normalized spacial score (nSPS) is 22.7. The van der Waals surface area contributed by atoms with E-state index in [4.69, 9.17) is 27.9 Å². The SMILES string of the molecule is N[C@@H]1C[C@H](N)CN(c2nc(Nc3ccc(NC(=O)CC(=O)c4ccccc4)cc3)nc(N3C[C@H](N)C[C@H](N)C3)n2)C1. The molecule has 3 heterocycles. The zero-order chi connectivity index (χ0) is 28.9. The topological polar surface area (TPSA) is 207 Å². The van der Waals surface area contributed by atoms with Gasteiger partial charge in [-0.1, -0.05) is 30.3 Å². The summed E-state index contributed by atoms with van der Waals surface area (Å²) in [7, 11) is 0. The van der Waals surface area contributed by atoms with Gasteiger partial charge in [-0.3, -0.25) is 9.59 Å². The van der Waals surface area contributed by atoms with Gasteiger partial charge in [0.2, 0.25) is 23.8 Å². The molecule has 2 aliphatic rings. The van der Waals surface area contributed by atoms with Crippen molar-refractivity contribution in [2.75, 3.05) is 46.6 Å². The van der Waals surface area contributed by atoms with E-state index in [1.54, 1.807) is 48.5 Å². The number of Topliss-reactive ketones (excluding diaryl/α,β-unsaturated/α-hetero) is 1. The Morgan fingerprint density at radius 1 is 0.707 bits per heavy atom. The number of nitrogens with two attached hydrogens (primary N) is 4. The molecule has 0 saturated carbocycles. The van der Waals surface area contributed by atoms with Crippen LogP contribution in [0.3, 0.4) is 0 Å². The Hall–Kier alpha value is -4.17. The molecule has 5 rings (SSSR count). The molecule has 0 aliphatic carbocycles.